The highest BCUT2D eigenvalue weighted by atomic mass is 35.5. The molecular weight excluding hydrogens is 558 g/mol. The third kappa shape index (κ3) is 7.86. The standard InChI is InChI=1S/C28H32ClN3O7S/c1-19(2)39-23-9-5-7-21(15-23)8-6-14-30-28(33)18-31(26-16-22(29)11-13-27(26)38-4)40(36,37)24-12-10-20(3)25(17-24)32(34)35/h5,7,9-13,15-17,19H,6,8,14,18H2,1-4H3,(H,30,33). The van der Waals surface area contributed by atoms with Gasteiger partial charge in [-0.3, -0.25) is 19.2 Å². The van der Waals surface area contributed by atoms with Crippen molar-refractivity contribution in [2.45, 2.75) is 44.6 Å². The van der Waals surface area contributed by atoms with Crippen LogP contribution in [0, 0.1) is 17.0 Å². The molecule has 3 rings (SSSR count). The fourth-order valence-corrected chi connectivity index (χ4v) is 5.59. The summed E-state index contributed by atoms with van der Waals surface area (Å²) in [7, 11) is -3.09. The third-order valence-corrected chi connectivity index (χ3v) is 7.89. The molecule has 0 aromatic heterocycles. The van der Waals surface area contributed by atoms with E-state index in [1.807, 2.05) is 38.1 Å². The normalized spacial score (nSPS) is 11.2. The van der Waals surface area contributed by atoms with Crippen LogP contribution >= 0.6 is 11.6 Å². The number of benzene rings is 3. The van der Waals surface area contributed by atoms with Gasteiger partial charge in [0.25, 0.3) is 15.7 Å². The van der Waals surface area contributed by atoms with Crippen LogP contribution in [0.4, 0.5) is 11.4 Å². The minimum absolute atomic E-state index is 0.0235. The number of hydrogen-bond acceptors (Lipinski definition) is 7. The summed E-state index contributed by atoms with van der Waals surface area (Å²) in [5.41, 5.74) is 1.01. The van der Waals surface area contributed by atoms with Crippen molar-refractivity contribution in [3.8, 4) is 11.5 Å². The first-order chi connectivity index (χ1) is 18.9. The van der Waals surface area contributed by atoms with Crippen molar-refractivity contribution >= 4 is 38.9 Å². The summed E-state index contributed by atoms with van der Waals surface area (Å²) in [5.74, 6) is 0.360. The Balaban J connectivity index is 1.81. The van der Waals surface area contributed by atoms with Crippen LogP contribution in [0.15, 0.2) is 65.6 Å². The van der Waals surface area contributed by atoms with Gasteiger partial charge in [0.1, 0.15) is 18.0 Å². The van der Waals surface area contributed by atoms with Gasteiger partial charge in [0.2, 0.25) is 5.91 Å². The lowest BCUT2D eigenvalue weighted by molar-refractivity contribution is -0.385. The number of nitrogens with one attached hydrogen (secondary N) is 1. The number of nitrogens with zero attached hydrogens (tertiary/aromatic N) is 2. The Morgan fingerprint density at radius 3 is 2.55 bits per heavy atom. The summed E-state index contributed by atoms with van der Waals surface area (Å²) in [6.07, 6.45) is 1.33. The van der Waals surface area contributed by atoms with E-state index in [0.29, 0.717) is 24.9 Å². The van der Waals surface area contributed by atoms with Gasteiger partial charge in [-0.1, -0.05) is 29.8 Å². The van der Waals surface area contributed by atoms with Crippen LogP contribution in [0.3, 0.4) is 0 Å². The molecule has 0 saturated carbocycles. The van der Waals surface area contributed by atoms with E-state index < -0.39 is 27.4 Å². The molecule has 0 unspecified atom stereocenters. The number of halogens is 1. The summed E-state index contributed by atoms with van der Waals surface area (Å²) < 4.78 is 39.4. The van der Waals surface area contributed by atoms with E-state index in [2.05, 4.69) is 5.32 Å². The molecular formula is C28H32ClN3O7S. The van der Waals surface area contributed by atoms with E-state index in [9.17, 15) is 23.3 Å². The lowest BCUT2D eigenvalue weighted by Gasteiger charge is -2.26. The number of amides is 1. The molecule has 3 aromatic rings. The number of aryl methyl sites for hydroxylation is 2. The molecule has 0 spiro atoms. The number of nitro groups is 1. The fraction of sp³-hybridized carbons (Fsp3) is 0.321. The molecule has 0 aliphatic heterocycles. The number of sulfonamides is 1. The maximum absolute atomic E-state index is 13.8. The average molecular weight is 590 g/mol. The smallest absolute Gasteiger partial charge is 0.273 e. The molecule has 10 nitrogen and oxygen atoms in total. The van der Waals surface area contributed by atoms with E-state index in [1.165, 1.54) is 44.4 Å². The predicted molar refractivity (Wildman–Crippen MR) is 154 cm³/mol. The molecule has 0 saturated heterocycles. The first-order valence-corrected chi connectivity index (χ1v) is 14.4. The maximum atomic E-state index is 13.8. The third-order valence-electron chi connectivity index (χ3n) is 5.90. The van der Waals surface area contributed by atoms with Crippen molar-refractivity contribution < 1.29 is 27.6 Å². The van der Waals surface area contributed by atoms with Crippen molar-refractivity contribution in [1.82, 2.24) is 5.32 Å². The molecule has 0 heterocycles. The lowest BCUT2D eigenvalue weighted by atomic mass is 10.1. The van der Waals surface area contributed by atoms with Crippen molar-refractivity contribution in [1.29, 1.82) is 0 Å². The van der Waals surface area contributed by atoms with Gasteiger partial charge in [0, 0.05) is 23.2 Å². The second-order valence-electron chi connectivity index (χ2n) is 9.30. The Kier molecular flexibility index (Phi) is 10.4. The molecule has 40 heavy (non-hydrogen) atoms. The van der Waals surface area contributed by atoms with Gasteiger partial charge in [-0.15, -0.1) is 0 Å². The molecule has 12 heteroatoms. The second-order valence-corrected chi connectivity index (χ2v) is 11.6. The summed E-state index contributed by atoms with van der Waals surface area (Å²) >= 11 is 6.16. The van der Waals surface area contributed by atoms with Crippen LogP contribution in [-0.2, 0) is 21.2 Å². The van der Waals surface area contributed by atoms with Gasteiger partial charge in [0.15, 0.2) is 0 Å². The van der Waals surface area contributed by atoms with Crippen LogP contribution < -0.4 is 19.1 Å². The lowest BCUT2D eigenvalue weighted by Crippen LogP contribution is -2.41. The minimum Gasteiger partial charge on any atom is -0.495 e. The largest absolute Gasteiger partial charge is 0.495 e. The molecule has 214 valence electrons. The molecule has 0 aliphatic rings. The van der Waals surface area contributed by atoms with Gasteiger partial charge in [-0.25, -0.2) is 8.42 Å². The Hall–Kier alpha value is -3.83. The molecule has 0 aliphatic carbocycles. The summed E-state index contributed by atoms with van der Waals surface area (Å²) in [5, 5.41) is 14.4. The number of nitro benzene ring substituents is 1. The summed E-state index contributed by atoms with van der Waals surface area (Å²) in [6, 6.07) is 15.6. The minimum atomic E-state index is -4.44. The highest BCUT2D eigenvalue weighted by Crippen LogP contribution is 2.35. The first kappa shape index (κ1) is 30.7. The number of carbonyl (C=O) groups excluding carboxylic acids is 1. The average Bonchev–Trinajstić information content (AvgIpc) is 2.89. The van der Waals surface area contributed by atoms with Crippen molar-refractivity contribution in [2.75, 3.05) is 24.5 Å². The van der Waals surface area contributed by atoms with Crippen LogP contribution in [0.2, 0.25) is 5.02 Å². The monoisotopic (exact) mass is 589 g/mol. The number of methoxy groups -OCH3 is 1. The van der Waals surface area contributed by atoms with E-state index in [0.717, 1.165) is 21.7 Å². The molecule has 0 fully saturated rings. The van der Waals surface area contributed by atoms with Crippen LogP contribution in [0.5, 0.6) is 11.5 Å². The van der Waals surface area contributed by atoms with Gasteiger partial charge in [-0.2, -0.15) is 0 Å². The Labute approximate surface area is 239 Å². The zero-order chi connectivity index (χ0) is 29.4. The number of carbonyl (C=O) groups is 1. The Morgan fingerprint density at radius 1 is 1.12 bits per heavy atom. The van der Waals surface area contributed by atoms with Gasteiger partial charge in [0.05, 0.1) is 28.7 Å². The fourth-order valence-electron chi connectivity index (χ4n) is 3.98. The number of anilines is 1. The molecule has 1 amide bonds. The van der Waals surface area contributed by atoms with Crippen LogP contribution in [0.25, 0.3) is 0 Å². The van der Waals surface area contributed by atoms with Crippen molar-refractivity contribution in [3.63, 3.8) is 0 Å². The van der Waals surface area contributed by atoms with Gasteiger partial charge in [-0.05, 0) is 75.6 Å². The van der Waals surface area contributed by atoms with Crippen molar-refractivity contribution in [2.24, 2.45) is 0 Å². The summed E-state index contributed by atoms with van der Waals surface area (Å²) in [4.78, 5) is 23.5. The number of hydrogen-bond donors (Lipinski definition) is 1. The molecule has 1 N–H and O–H groups in total. The summed E-state index contributed by atoms with van der Waals surface area (Å²) in [6.45, 7) is 5.10. The topological polar surface area (TPSA) is 128 Å². The highest BCUT2D eigenvalue weighted by molar-refractivity contribution is 7.92. The zero-order valence-electron chi connectivity index (χ0n) is 22.7. The molecule has 0 atom stereocenters. The highest BCUT2D eigenvalue weighted by Gasteiger charge is 2.31. The second kappa shape index (κ2) is 13.5. The molecule has 0 bridgehead atoms. The van der Waals surface area contributed by atoms with E-state index in [4.69, 9.17) is 21.1 Å². The number of ether oxygens (including phenoxy) is 2. The van der Waals surface area contributed by atoms with E-state index in [1.54, 1.807) is 0 Å². The molecule has 0 radical (unpaired) electrons. The van der Waals surface area contributed by atoms with Crippen LogP contribution in [0.1, 0.15) is 31.4 Å². The first-order valence-electron chi connectivity index (χ1n) is 12.6. The van der Waals surface area contributed by atoms with Crippen molar-refractivity contribution in [3.05, 3.63) is 86.9 Å². The van der Waals surface area contributed by atoms with Crippen LogP contribution in [-0.4, -0.2) is 45.6 Å². The van der Waals surface area contributed by atoms with E-state index in [-0.39, 0.29) is 33.1 Å². The van der Waals surface area contributed by atoms with Gasteiger partial charge >= 0.3 is 0 Å². The zero-order valence-corrected chi connectivity index (χ0v) is 24.3. The Bertz CT molecular complexity index is 1480. The molecule has 3 aromatic carbocycles. The predicted octanol–water partition coefficient (Wildman–Crippen LogP) is 5.30. The number of rotatable bonds is 13. The maximum Gasteiger partial charge on any atom is 0.273 e. The van der Waals surface area contributed by atoms with E-state index >= 15 is 0 Å². The van der Waals surface area contributed by atoms with Gasteiger partial charge < -0.3 is 14.8 Å². The Morgan fingerprint density at radius 2 is 1.88 bits per heavy atom. The quantitative estimate of drug-likeness (QED) is 0.163. The SMILES string of the molecule is COc1ccc(Cl)cc1N(CC(=O)NCCCc1cccc(OC(C)C)c1)S(=O)(=O)c1ccc(C)c([N+](=O)[O-])c1.